The molecule has 0 spiro atoms. The molecule has 0 fully saturated rings. The van der Waals surface area contributed by atoms with Gasteiger partial charge >= 0.3 is 11.9 Å². The Kier molecular flexibility index (Phi) is 8.63. The molecule has 2 rings (SSSR count). The van der Waals surface area contributed by atoms with Crippen molar-refractivity contribution in [1.29, 1.82) is 0 Å². The molecule has 8 heteroatoms. The summed E-state index contributed by atoms with van der Waals surface area (Å²) in [6.45, 7) is 9.99. The number of nitrogens with zero attached hydrogens (tertiary/aromatic N) is 2. The Morgan fingerprint density at radius 1 is 1.25 bits per heavy atom. The van der Waals surface area contributed by atoms with E-state index in [0.29, 0.717) is 6.73 Å². The second kappa shape index (κ2) is 10.4. The second-order valence-corrected chi connectivity index (χ2v) is 13.0. The van der Waals surface area contributed by atoms with E-state index in [0.717, 1.165) is 6.61 Å². The van der Waals surface area contributed by atoms with E-state index in [2.05, 4.69) is 30.5 Å². The smallest absolute Gasteiger partial charge is 0.337 e. The number of carbonyl (C=O) groups is 2. The van der Waals surface area contributed by atoms with Crippen LogP contribution in [0.25, 0.3) is 0 Å². The van der Waals surface area contributed by atoms with Crippen LogP contribution in [-0.2, 0) is 11.5 Å². The number of imidazole rings is 1. The average molecular weight is 403 g/mol. The van der Waals surface area contributed by atoms with Crippen molar-refractivity contribution < 1.29 is 24.5 Å². The molecule has 28 heavy (non-hydrogen) atoms. The molecular formula is C20H26N2O5Si. The van der Waals surface area contributed by atoms with Crippen molar-refractivity contribution in [3.63, 3.8) is 0 Å². The molecule has 0 saturated carbocycles. The molecule has 0 bridgehead atoms. The molecule has 1 aromatic heterocycles. The monoisotopic (exact) mass is 402 g/mol. The first-order chi connectivity index (χ1) is 13.1. The van der Waals surface area contributed by atoms with Gasteiger partial charge in [-0.2, -0.15) is 0 Å². The lowest BCUT2D eigenvalue weighted by Crippen LogP contribution is -2.21. The first-order valence-electron chi connectivity index (χ1n) is 8.67. The molecule has 0 saturated heterocycles. The fraction of sp³-hybridized carbons (Fsp3) is 0.350. The van der Waals surface area contributed by atoms with Gasteiger partial charge in [-0.25, -0.2) is 14.6 Å². The summed E-state index contributed by atoms with van der Waals surface area (Å²) in [6, 6.07) is 3.85. The van der Waals surface area contributed by atoms with Crippen LogP contribution >= 0.6 is 0 Å². The van der Waals surface area contributed by atoms with Gasteiger partial charge in [0.2, 0.25) is 0 Å². The molecular weight excluding hydrogens is 376 g/mol. The van der Waals surface area contributed by atoms with Crippen molar-refractivity contribution >= 4 is 20.0 Å². The Labute approximate surface area is 166 Å². The van der Waals surface area contributed by atoms with Crippen LogP contribution in [-0.4, -0.2) is 46.4 Å². The summed E-state index contributed by atoms with van der Waals surface area (Å²) < 4.78 is 7.45. The van der Waals surface area contributed by atoms with E-state index in [4.69, 9.17) is 21.4 Å². The third-order valence-corrected chi connectivity index (χ3v) is 5.56. The molecule has 0 aliphatic carbocycles. The summed E-state index contributed by atoms with van der Waals surface area (Å²) >= 11 is 0. The molecule has 0 aliphatic heterocycles. The van der Waals surface area contributed by atoms with Gasteiger partial charge in [0.1, 0.15) is 6.73 Å². The Hall–Kier alpha value is -2.89. The summed E-state index contributed by atoms with van der Waals surface area (Å²) in [7, 11) is -0.929. The molecule has 0 atom stereocenters. The first-order valence-corrected chi connectivity index (χ1v) is 12.4. The van der Waals surface area contributed by atoms with Crippen molar-refractivity contribution in [3.8, 4) is 12.3 Å². The Balaban J connectivity index is 0.000000283. The second-order valence-electron chi connectivity index (χ2n) is 7.34. The Morgan fingerprint density at radius 2 is 1.93 bits per heavy atom. The molecule has 2 N–H and O–H groups in total. The molecule has 0 aliphatic rings. The highest BCUT2D eigenvalue weighted by molar-refractivity contribution is 6.76. The number of rotatable bonds is 7. The van der Waals surface area contributed by atoms with Crippen LogP contribution < -0.4 is 0 Å². The lowest BCUT2D eigenvalue weighted by Gasteiger charge is -2.15. The van der Waals surface area contributed by atoms with Crippen molar-refractivity contribution in [2.45, 2.75) is 39.3 Å². The zero-order valence-electron chi connectivity index (χ0n) is 16.6. The lowest BCUT2D eigenvalue weighted by atomic mass is 9.97. The minimum atomic E-state index is -1.22. The number of terminal acetylenes is 1. The minimum Gasteiger partial charge on any atom is -0.478 e. The van der Waals surface area contributed by atoms with Crippen LogP contribution in [0.2, 0.25) is 25.7 Å². The maximum atomic E-state index is 10.9. The number of hydrogen-bond acceptors (Lipinski definition) is 4. The number of carboxylic acid groups (broad SMARTS) is 2. The zero-order valence-corrected chi connectivity index (χ0v) is 17.6. The normalized spacial score (nSPS) is 10.5. The van der Waals surface area contributed by atoms with Gasteiger partial charge in [-0.3, -0.25) is 0 Å². The topological polar surface area (TPSA) is 102 Å². The fourth-order valence-corrected chi connectivity index (χ4v) is 3.01. The molecule has 150 valence electrons. The van der Waals surface area contributed by atoms with Gasteiger partial charge in [0.25, 0.3) is 0 Å². The van der Waals surface area contributed by atoms with Gasteiger partial charge in [-0.05, 0) is 30.7 Å². The van der Waals surface area contributed by atoms with E-state index < -0.39 is 20.0 Å². The van der Waals surface area contributed by atoms with Gasteiger partial charge < -0.3 is 19.5 Å². The first kappa shape index (κ1) is 23.1. The predicted molar refractivity (Wildman–Crippen MR) is 109 cm³/mol. The summed E-state index contributed by atoms with van der Waals surface area (Å²) in [4.78, 5) is 25.6. The highest BCUT2D eigenvalue weighted by Gasteiger charge is 2.18. The minimum absolute atomic E-state index is 0.0496. The van der Waals surface area contributed by atoms with Crippen LogP contribution in [0, 0.1) is 19.3 Å². The quantitative estimate of drug-likeness (QED) is 0.417. The number of aromatic carboxylic acids is 2. The summed E-state index contributed by atoms with van der Waals surface area (Å²) in [5.41, 5.74) is 0.180. The Bertz CT molecular complexity index is 849. The van der Waals surface area contributed by atoms with Crippen LogP contribution in [0.1, 0.15) is 31.8 Å². The standard InChI is InChI=1S/C11H8O4.C9H18N2OSi/c1-3-7-4-5-8(10(12)13)6(2)9(7)11(14)15;1-13(2,3)7-6-12-9-11-5-4-10-8-11/h1,4-5H,2H3,(H,12,13)(H,14,15);4-5,8H,6-7,9H2,1-3H3. The van der Waals surface area contributed by atoms with Crippen molar-refractivity contribution in [3.05, 3.63) is 53.1 Å². The summed E-state index contributed by atoms with van der Waals surface area (Å²) in [5, 5.41) is 17.7. The predicted octanol–water partition coefficient (Wildman–Crippen LogP) is 3.57. The van der Waals surface area contributed by atoms with Gasteiger partial charge in [0.05, 0.1) is 17.5 Å². The van der Waals surface area contributed by atoms with Crippen LogP contribution in [0.4, 0.5) is 0 Å². The van der Waals surface area contributed by atoms with E-state index in [1.165, 1.54) is 25.1 Å². The number of carboxylic acids is 2. The highest BCUT2D eigenvalue weighted by atomic mass is 28.3. The van der Waals surface area contributed by atoms with E-state index in [1.54, 1.807) is 12.5 Å². The fourth-order valence-electron chi connectivity index (χ4n) is 2.25. The van der Waals surface area contributed by atoms with E-state index in [-0.39, 0.29) is 22.3 Å². The molecule has 0 amide bonds. The SMILES string of the molecule is C#Cc1ccc(C(=O)O)c(C)c1C(=O)O.C[Si](C)(C)CCOCn1ccnc1. The number of ether oxygens (including phenoxy) is 1. The van der Waals surface area contributed by atoms with Gasteiger partial charge in [0.15, 0.2) is 0 Å². The largest absolute Gasteiger partial charge is 0.478 e. The van der Waals surface area contributed by atoms with Crippen molar-refractivity contribution in [1.82, 2.24) is 9.55 Å². The van der Waals surface area contributed by atoms with Crippen LogP contribution in [0.15, 0.2) is 30.9 Å². The number of benzene rings is 1. The third kappa shape index (κ3) is 7.38. The van der Waals surface area contributed by atoms with Crippen LogP contribution in [0.3, 0.4) is 0 Å². The average Bonchev–Trinajstić information content (AvgIpc) is 3.11. The molecule has 7 nitrogen and oxygen atoms in total. The zero-order chi connectivity index (χ0) is 21.3. The van der Waals surface area contributed by atoms with Gasteiger partial charge in [0, 0.05) is 32.6 Å². The lowest BCUT2D eigenvalue weighted by molar-refractivity contribution is 0.0695. The molecule has 2 aromatic rings. The molecule has 0 radical (unpaired) electrons. The maximum Gasteiger partial charge on any atom is 0.337 e. The maximum absolute atomic E-state index is 10.9. The summed E-state index contributed by atoms with van der Waals surface area (Å²) in [5.74, 6) is -0.177. The van der Waals surface area contributed by atoms with E-state index in [9.17, 15) is 9.59 Å². The van der Waals surface area contributed by atoms with E-state index >= 15 is 0 Å². The Morgan fingerprint density at radius 3 is 2.39 bits per heavy atom. The van der Waals surface area contributed by atoms with Gasteiger partial charge in [-0.15, -0.1) is 6.42 Å². The number of hydrogen-bond donors (Lipinski definition) is 2. The van der Waals surface area contributed by atoms with E-state index in [1.807, 2.05) is 10.8 Å². The van der Waals surface area contributed by atoms with Crippen molar-refractivity contribution in [2.75, 3.05) is 6.61 Å². The summed E-state index contributed by atoms with van der Waals surface area (Å²) in [6.07, 6.45) is 10.6. The van der Waals surface area contributed by atoms with Crippen molar-refractivity contribution in [2.24, 2.45) is 0 Å². The third-order valence-electron chi connectivity index (χ3n) is 3.86. The molecule has 0 unspecified atom stereocenters. The molecule has 1 heterocycles. The highest BCUT2D eigenvalue weighted by Crippen LogP contribution is 2.18. The van der Waals surface area contributed by atoms with Gasteiger partial charge in [-0.1, -0.05) is 25.6 Å². The number of aromatic nitrogens is 2. The van der Waals surface area contributed by atoms with Crippen LogP contribution in [0.5, 0.6) is 0 Å². The molecule has 1 aromatic carbocycles.